The number of aliphatic hydroxyl groups excluding tert-OH is 4. The van der Waals surface area contributed by atoms with Crippen LogP contribution in [0.5, 0.6) is 0 Å². The zero-order chi connectivity index (χ0) is 34.3. The minimum Gasteiger partial charge on any atom is -0.392 e. The Kier molecular flexibility index (Phi) is 9.59. The fourth-order valence-electron chi connectivity index (χ4n) is 12.1. The van der Waals surface area contributed by atoms with Gasteiger partial charge in [-0.3, -0.25) is 4.79 Å². The molecule has 0 aromatic heterocycles. The quantitative estimate of drug-likeness (QED) is 0.196. The number of carbonyl (C=O) groups is 1. The van der Waals surface area contributed by atoms with Crippen molar-refractivity contribution in [3.8, 4) is 0 Å². The van der Waals surface area contributed by atoms with E-state index < -0.39 is 64.4 Å². The molecule has 0 bridgehead atoms. The molecule has 16 unspecified atom stereocenters. The van der Waals surface area contributed by atoms with E-state index in [9.17, 15) is 35.4 Å². The number of ketones is 1. The number of rotatable bonds is 9. The molecule has 4 saturated carbocycles. The lowest BCUT2D eigenvalue weighted by Gasteiger charge is -2.61. The van der Waals surface area contributed by atoms with Crippen molar-refractivity contribution in [2.75, 3.05) is 6.54 Å². The monoisotopic (exact) mass is 661 g/mol. The van der Waals surface area contributed by atoms with Crippen molar-refractivity contribution in [2.45, 2.75) is 166 Å². The molecule has 0 aromatic carbocycles. The van der Waals surface area contributed by atoms with Gasteiger partial charge in [0.25, 0.3) is 0 Å². The summed E-state index contributed by atoms with van der Waals surface area (Å²) < 4.78 is 6.59. The van der Waals surface area contributed by atoms with E-state index in [-0.39, 0.29) is 43.1 Å². The summed E-state index contributed by atoms with van der Waals surface area (Å²) in [5.74, 6) is -0.232. The molecule has 5 fully saturated rings. The van der Waals surface area contributed by atoms with Gasteiger partial charge < -0.3 is 40.7 Å². The second kappa shape index (κ2) is 12.6. The van der Waals surface area contributed by atoms with E-state index in [0.29, 0.717) is 48.8 Å². The first-order valence-corrected chi connectivity index (χ1v) is 18.9. The highest BCUT2D eigenvalue weighted by Crippen LogP contribution is 2.69. The van der Waals surface area contributed by atoms with Crippen molar-refractivity contribution in [1.29, 1.82) is 0 Å². The zero-order valence-corrected chi connectivity index (χ0v) is 29.6. The van der Waals surface area contributed by atoms with Gasteiger partial charge in [-0.2, -0.15) is 0 Å². The van der Waals surface area contributed by atoms with E-state index in [2.05, 4.69) is 19.2 Å². The fourth-order valence-corrected chi connectivity index (χ4v) is 12.1. The summed E-state index contributed by atoms with van der Waals surface area (Å²) in [5.41, 5.74) is -3.55. The second-order valence-electron chi connectivity index (χ2n) is 17.6. The predicted octanol–water partition coefficient (Wildman–Crippen LogP) is 3.61. The van der Waals surface area contributed by atoms with Crippen molar-refractivity contribution in [3.05, 3.63) is 11.3 Å². The van der Waals surface area contributed by atoms with Gasteiger partial charge in [0.05, 0.1) is 47.4 Å². The molecule has 1 heterocycles. The number of aliphatic hydroxyl groups is 6. The van der Waals surface area contributed by atoms with Crippen LogP contribution >= 0.6 is 0 Å². The number of hydrogen-bond acceptors (Lipinski definition) is 9. The average Bonchev–Trinajstić information content (AvgIpc) is 3.49. The summed E-state index contributed by atoms with van der Waals surface area (Å²) in [6.07, 6.45) is 5.15. The molecule has 0 aromatic rings. The maximum Gasteiger partial charge on any atom is 0.182 e. The summed E-state index contributed by atoms with van der Waals surface area (Å²) in [4.78, 5) is 14.3. The second-order valence-corrected chi connectivity index (χ2v) is 17.6. The molecule has 0 spiro atoms. The van der Waals surface area contributed by atoms with Crippen molar-refractivity contribution in [2.24, 2.45) is 46.3 Å². The molecule has 1 saturated heterocycles. The number of hydrogen-bond donors (Lipinski definition) is 7. The van der Waals surface area contributed by atoms with Crippen molar-refractivity contribution in [1.82, 2.24) is 5.32 Å². The number of Topliss-reactive ketones (excluding diaryl/α,β-unsaturated/α-hetero) is 1. The van der Waals surface area contributed by atoms with Gasteiger partial charge in [0.1, 0.15) is 6.10 Å². The molecule has 6 aliphatic rings. The number of ether oxygens (including phenoxy) is 1. The Hall–Kier alpha value is -1.07. The Balaban J connectivity index is 1.31. The van der Waals surface area contributed by atoms with Crippen molar-refractivity contribution in [3.63, 3.8) is 0 Å². The van der Waals surface area contributed by atoms with Gasteiger partial charge in [-0.15, -0.1) is 0 Å². The molecule has 16 atom stereocenters. The molecule has 268 valence electrons. The van der Waals surface area contributed by atoms with Crippen LogP contribution in [0.25, 0.3) is 0 Å². The Labute approximate surface area is 281 Å². The molecule has 47 heavy (non-hydrogen) atoms. The first-order valence-electron chi connectivity index (χ1n) is 18.9. The third kappa shape index (κ3) is 5.48. The summed E-state index contributed by atoms with van der Waals surface area (Å²) in [5, 5.41) is 72.3. The van der Waals surface area contributed by atoms with E-state index in [4.69, 9.17) is 4.74 Å². The lowest BCUT2D eigenvalue weighted by Crippen LogP contribution is -2.65. The maximum absolute atomic E-state index is 14.3. The molecule has 0 radical (unpaired) electrons. The lowest BCUT2D eigenvalue weighted by atomic mass is 9.45. The van der Waals surface area contributed by atoms with Gasteiger partial charge in [-0.05, 0) is 112 Å². The van der Waals surface area contributed by atoms with E-state index in [1.165, 1.54) is 19.3 Å². The van der Waals surface area contributed by atoms with E-state index in [0.717, 1.165) is 19.3 Å². The number of unbranched alkanes of at least 4 members (excludes halogenated alkanes) is 1. The summed E-state index contributed by atoms with van der Waals surface area (Å²) in [6.45, 7) is 11.9. The Morgan fingerprint density at radius 3 is 2.45 bits per heavy atom. The molecular formula is C38H63NO8. The van der Waals surface area contributed by atoms with E-state index in [1.54, 1.807) is 13.8 Å². The predicted molar refractivity (Wildman–Crippen MR) is 178 cm³/mol. The van der Waals surface area contributed by atoms with Crippen LogP contribution in [0.3, 0.4) is 0 Å². The number of fused-ring (bicyclic) bond motifs is 6. The first kappa shape index (κ1) is 35.7. The number of carbonyl (C=O) groups excluding carboxylic acids is 1. The Morgan fingerprint density at radius 2 is 1.77 bits per heavy atom. The van der Waals surface area contributed by atoms with Crippen molar-refractivity contribution >= 4 is 5.78 Å². The SMILES string of the molecule is CCCCC1CCC2OC(C(O)C(C)(O)C3CCC4(O)C5=C(NCC(C)O)C(=O)C6CC(O)C(O)CC6(C)C5CCC34C)C(C)C2C1. The van der Waals surface area contributed by atoms with Gasteiger partial charge >= 0.3 is 0 Å². The Morgan fingerprint density at radius 1 is 1.04 bits per heavy atom. The van der Waals surface area contributed by atoms with Crippen LogP contribution in [0.15, 0.2) is 11.3 Å². The highest BCUT2D eigenvalue weighted by molar-refractivity contribution is 5.99. The molecule has 0 amide bonds. The summed E-state index contributed by atoms with van der Waals surface area (Å²) >= 11 is 0. The van der Waals surface area contributed by atoms with Crippen LogP contribution < -0.4 is 5.32 Å². The first-order chi connectivity index (χ1) is 22.0. The molecule has 9 heteroatoms. The third-order valence-electron chi connectivity index (χ3n) is 14.9. The summed E-state index contributed by atoms with van der Waals surface area (Å²) in [7, 11) is 0. The van der Waals surface area contributed by atoms with Crippen molar-refractivity contribution < 1.29 is 40.2 Å². The summed E-state index contributed by atoms with van der Waals surface area (Å²) in [6, 6.07) is 0. The largest absolute Gasteiger partial charge is 0.392 e. The van der Waals surface area contributed by atoms with E-state index in [1.807, 2.05) is 13.8 Å². The molecule has 9 nitrogen and oxygen atoms in total. The van der Waals surface area contributed by atoms with Crippen LogP contribution in [0.4, 0.5) is 0 Å². The molecule has 5 aliphatic carbocycles. The zero-order valence-electron chi connectivity index (χ0n) is 29.6. The molecule has 6 rings (SSSR count). The topological polar surface area (TPSA) is 160 Å². The lowest BCUT2D eigenvalue weighted by molar-refractivity contribution is -0.198. The molecule has 7 N–H and O–H groups in total. The normalized spacial score (nSPS) is 49.0. The van der Waals surface area contributed by atoms with E-state index >= 15 is 0 Å². The van der Waals surface area contributed by atoms with Gasteiger partial charge in [0.15, 0.2) is 5.78 Å². The third-order valence-corrected chi connectivity index (χ3v) is 14.9. The highest BCUT2D eigenvalue weighted by atomic mass is 16.5. The number of nitrogens with one attached hydrogen (secondary N) is 1. The fraction of sp³-hybridized carbons (Fsp3) is 0.921. The van der Waals surface area contributed by atoms with Crippen LogP contribution in [0.1, 0.15) is 119 Å². The Bertz CT molecular complexity index is 1220. The maximum atomic E-state index is 14.3. The van der Waals surface area contributed by atoms with Crippen LogP contribution in [-0.2, 0) is 9.53 Å². The van der Waals surface area contributed by atoms with Crippen LogP contribution in [0.2, 0.25) is 0 Å². The molecular weight excluding hydrogens is 598 g/mol. The van der Waals surface area contributed by atoms with Gasteiger partial charge in [-0.25, -0.2) is 0 Å². The van der Waals surface area contributed by atoms with Gasteiger partial charge in [0.2, 0.25) is 0 Å². The number of allylic oxidation sites excluding steroid dienone is 1. The minimum absolute atomic E-state index is 0.101. The van der Waals surface area contributed by atoms with Gasteiger partial charge in [0, 0.05) is 17.9 Å². The van der Waals surface area contributed by atoms with Crippen LogP contribution in [-0.4, -0.2) is 90.8 Å². The minimum atomic E-state index is -1.55. The van der Waals surface area contributed by atoms with Crippen LogP contribution in [0, 0.1) is 46.3 Å². The standard InChI is InChI=1S/C38H63NO8/c1-7-8-9-22-10-11-28-23(16-22)21(3)33(47-28)34(44)37(6,45)29-13-15-38(46)30-24(12-14-36(29,38)5)35(4)18-27(42)26(41)17-25(35)32(43)31(30)39-19-20(2)40/h20-29,33-34,39-42,44-46H,7-19H2,1-6H3. The molecule has 1 aliphatic heterocycles. The smallest absolute Gasteiger partial charge is 0.182 e. The van der Waals surface area contributed by atoms with Gasteiger partial charge in [-0.1, -0.05) is 47.0 Å². The highest BCUT2D eigenvalue weighted by Gasteiger charge is 2.71. The average molecular weight is 662 g/mol.